The minimum atomic E-state index is -3.27. The number of nitrogens with zero attached hydrogens (tertiary/aromatic N) is 2. The highest BCUT2D eigenvalue weighted by atomic mass is 32.2. The lowest BCUT2D eigenvalue weighted by atomic mass is 10.1. The van der Waals surface area contributed by atoms with E-state index < -0.39 is 9.84 Å². The van der Waals surface area contributed by atoms with Gasteiger partial charge in [0.2, 0.25) is 15.0 Å². The van der Waals surface area contributed by atoms with Gasteiger partial charge >= 0.3 is 0 Å². The first-order chi connectivity index (χ1) is 22.4. The zero-order valence-electron chi connectivity index (χ0n) is 26.7. The van der Waals surface area contributed by atoms with Crippen LogP contribution in [0.1, 0.15) is 27.2 Å². The molecule has 0 aliphatic heterocycles. The maximum absolute atomic E-state index is 11.0. The molecule has 0 aliphatic rings. The summed E-state index contributed by atoms with van der Waals surface area (Å²) in [5.41, 5.74) is 38.5. The maximum Gasteiger partial charge on any atom is 0.260 e. The SMILES string of the molecule is CCC(C)Nc1ccc(N)c2ccccc12.CCS(=O)(=O)c1nsc(N)n1.Nc1ccc(N)c2ccccc12.Nc1ccc(N)cc1. The predicted octanol–water partition coefficient (Wildman–Crippen LogP) is 6.40. The van der Waals surface area contributed by atoms with Crippen molar-refractivity contribution in [2.24, 2.45) is 0 Å². The number of hydrogen-bond acceptors (Lipinski definition) is 12. The van der Waals surface area contributed by atoms with Crippen molar-refractivity contribution in [3.63, 3.8) is 0 Å². The molecule has 248 valence electrons. The van der Waals surface area contributed by atoms with Crippen LogP contribution in [0, 0.1) is 0 Å². The van der Waals surface area contributed by atoms with Gasteiger partial charge in [0.15, 0.2) is 0 Å². The lowest BCUT2D eigenvalue weighted by Crippen LogP contribution is -2.13. The van der Waals surface area contributed by atoms with Gasteiger partial charge in [0.05, 0.1) is 5.75 Å². The molecule has 0 aliphatic carbocycles. The van der Waals surface area contributed by atoms with Crippen LogP contribution >= 0.6 is 11.5 Å². The topological polar surface area (TPSA) is 228 Å². The Labute approximate surface area is 280 Å². The Morgan fingerprint density at radius 1 is 0.660 bits per heavy atom. The fraction of sp³-hybridized carbons (Fsp3) is 0.176. The number of aromatic nitrogens is 2. The van der Waals surface area contributed by atoms with Crippen molar-refractivity contribution in [3.8, 4) is 0 Å². The lowest BCUT2D eigenvalue weighted by molar-refractivity contribution is 0.590. The Balaban J connectivity index is 0.000000175. The number of nitrogen functional groups attached to an aromatic ring is 6. The van der Waals surface area contributed by atoms with E-state index in [2.05, 4.69) is 46.7 Å². The van der Waals surface area contributed by atoms with E-state index in [1.165, 1.54) is 18.0 Å². The summed E-state index contributed by atoms with van der Waals surface area (Å²) in [6.45, 7) is 5.90. The Morgan fingerprint density at radius 2 is 1.09 bits per heavy atom. The normalized spacial score (nSPS) is 11.2. The van der Waals surface area contributed by atoms with Gasteiger partial charge in [-0.05, 0) is 61.9 Å². The quantitative estimate of drug-likeness (QED) is 0.0990. The smallest absolute Gasteiger partial charge is 0.260 e. The number of hydrogen-bond donors (Lipinski definition) is 7. The van der Waals surface area contributed by atoms with Crippen molar-refractivity contribution < 1.29 is 8.42 Å². The second kappa shape index (κ2) is 16.9. The van der Waals surface area contributed by atoms with Crippen LogP contribution in [0.3, 0.4) is 0 Å². The van der Waals surface area contributed by atoms with Gasteiger partial charge < -0.3 is 39.7 Å². The van der Waals surface area contributed by atoms with E-state index in [1.807, 2.05) is 54.6 Å². The molecule has 0 saturated carbocycles. The molecule has 0 spiro atoms. The van der Waals surface area contributed by atoms with E-state index in [0.717, 1.165) is 62.5 Å². The van der Waals surface area contributed by atoms with Gasteiger partial charge in [-0.3, -0.25) is 0 Å². The number of sulfone groups is 1. The van der Waals surface area contributed by atoms with Crippen LogP contribution in [-0.4, -0.2) is 29.6 Å². The Hall–Kier alpha value is -5.27. The van der Waals surface area contributed by atoms with Crippen molar-refractivity contribution in [2.75, 3.05) is 45.5 Å². The molecule has 6 rings (SSSR count). The van der Waals surface area contributed by atoms with Gasteiger partial charge in [0.25, 0.3) is 5.16 Å². The highest BCUT2D eigenvalue weighted by Crippen LogP contribution is 2.29. The Kier molecular flexibility index (Phi) is 13.0. The van der Waals surface area contributed by atoms with E-state index >= 15 is 0 Å². The minimum Gasteiger partial charge on any atom is -0.399 e. The standard InChI is InChI=1S/C14H18N2.C10H10N2.C6H8N2.C4H7N3O2S2/c1-3-10(2)16-14-9-8-13(15)11-6-4-5-7-12(11)14;11-9-5-6-10(12)8-4-2-1-3-7(8)9;7-5-1-2-6(8)4-3-5;1-2-11(8,9)4-6-3(5)10-7-4/h4-10,16H,3,15H2,1-2H3;1-6H,11-12H2;1-4H,7-8H2;2H2,1H3,(H2,5,6,7). The van der Waals surface area contributed by atoms with Crippen LogP contribution < -0.4 is 39.7 Å². The number of fused-ring (bicyclic) bond motifs is 2. The van der Waals surface area contributed by atoms with Crippen molar-refractivity contribution in [2.45, 2.75) is 38.4 Å². The van der Waals surface area contributed by atoms with Gasteiger partial charge in [-0.2, -0.15) is 9.36 Å². The average Bonchev–Trinajstić information content (AvgIpc) is 3.54. The molecule has 1 unspecified atom stereocenters. The van der Waals surface area contributed by atoms with E-state index in [-0.39, 0.29) is 16.0 Å². The van der Waals surface area contributed by atoms with E-state index in [0.29, 0.717) is 6.04 Å². The van der Waals surface area contributed by atoms with Crippen molar-refractivity contribution in [1.82, 2.24) is 9.36 Å². The lowest BCUT2D eigenvalue weighted by Gasteiger charge is -2.16. The summed E-state index contributed by atoms with van der Waals surface area (Å²) >= 11 is 0.884. The van der Waals surface area contributed by atoms with Gasteiger partial charge in [0.1, 0.15) is 0 Å². The number of benzene rings is 5. The highest BCUT2D eigenvalue weighted by Gasteiger charge is 2.16. The number of anilines is 7. The third-order valence-electron chi connectivity index (χ3n) is 6.98. The number of rotatable bonds is 5. The molecule has 13 N–H and O–H groups in total. The largest absolute Gasteiger partial charge is 0.399 e. The van der Waals surface area contributed by atoms with Gasteiger partial charge in [0, 0.05) is 73.2 Å². The average molecular weight is 674 g/mol. The van der Waals surface area contributed by atoms with Crippen LogP contribution in [0.25, 0.3) is 21.5 Å². The van der Waals surface area contributed by atoms with Gasteiger partial charge in [-0.25, -0.2) is 8.42 Å². The summed E-state index contributed by atoms with van der Waals surface area (Å²) in [5.74, 6) is 0.00315. The summed E-state index contributed by atoms with van der Waals surface area (Å²) in [6.07, 6.45) is 1.11. The monoisotopic (exact) mass is 673 g/mol. The fourth-order valence-corrected chi connectivity index (χ4v) is 5.59. The maximum atomic E-state index is 11.0. The number of nitrogens with two attached hydrogens (primary N) is 6. The van der Waals surface area contributed by atoms with Crippen LogP contribution in [0.2, 0.25) is 0 Å². The predicted molar refractivity (Wildman–Crippen MR) is 202 cm³/mol. The van der Waals surface area contributed by atoms with Crippen LogP contribution in [0.4, 0.5) is 39.3 Å². The second-order valence-electron chi connectivity index (χ2n) is 10.5. The summed E-state index contributed by atoms with van der Waals surface area (Å²) in [5, 5.41) is 7.89. The second-order valence-corrected chi connectivity index (χ2v) is 13.4. The molecule has 13 heteroatoms. The molecule has 0 amide bonds. The van der Waals surface area contributed by atoms with Crippen molar-refractivity contribution >= 4 is 82.2 Å². The molecule has 0 saturated heterocycles. The summed E-state index contributed by atoms with van der Waals surface area (Å²) in [6, 6.07) is 31.4. The molecule has 11 nitrogen and oxygen atoms in total. The van der Waals surface area contributed by atoms with Crippen molar-refractivity contribution in [1.29, 1.82) is 0 Å². The molecule has 5 aromatic carbocycles. The molecule has 0 bridgehead atoms. The summed E-state index contributed by atoms with van der Waals surface area (Å²) in [4.78, 5) is 3.55. The molecule has 47 heavy (non-hydrogen) atoms. The fourth-order valence-electron chi connectivity index (χ4n) is 4.13. The third-order valence-corrected chi connectivity index (χ3v) is 9.14. The van der Waals surface area contributed by atoms with Crippen LogP contribution in [-0.2, 0) is 9.84 Å². The molecule has 0 fully saturated rings. The minimum absolute atomic E-state index is 0.00315. The molecular weight excluding hydrogens is 631 g/mol. The van der Waals surface area contributed by atoms with E-state index in [4.69, 9.17) is 34.4 Å². The Morgan fingerprint density at radius 3 is 1.49 bits per heavy atom. The first kappa shape index (κ1) is 36.2. The molecule has 0 radical (unpaired) electrons. The highest BCUT2D eigenvalue weighted by molar-refractivity contribution is 7.91. The van der Waals surface area contributed by atoms with Crippen molar-refractivity contribution in [3.05, 3.63) is 97.1 Å². The van der Waals surface area contributed by atoms with E-state index in [9.17, 15) is 8.42 Å². The first-order valence-corrected chi connectivity index (χ1v) is 17.3. The zero-order valence-corrected chi connectivity index (χ0v) is 28.4. The van der Waals surface area contributed by atoms with Gasteiger partial charge in [-0.15, -0.1) is 0 Å². The zero-order chi connectivity index (χ0) is 34.6. The summed E-state index contributed by atoms with van der Waals surface area (Å²) < 4.78 is 25.7. The first-order valence-electron chi connectivity index (χ1n) is 14.9. The molecular formula is C34H43N9O2S2. The van der Waals surface area contributed by atoms with E-state index in [1.54, 1.807) is 24.3 Å². The molecule has 6 aromatic rings. The number of nitrogens with one attached hydrogen (secondary N) is 1. The molecule has 1 heterocycles. The summed E-state index contributed by atoms with van der Waals surface area (Å²) in [7, 11) is -3.27. The van der Waals surface area contributed by atoms with Gasteiger partial charge in [-0.1, -0.05) is 62.4 Å². The van der Waals surface area contributed by atoms with Crippen LogP contribution in [0.5, 0.6) is 0 Å². The third kappa shape index (κ3) is 10.4. The van der Waals surface area contributed by atoms with Crippen LogP contribution in [0.15, 0.2) is 102 Å². The molecule has 1 aromatic heterocycles. The Bertz CT molecular complexity index is 1940. The molecule has 1 atom stereocenters.